The van der Waals surface area contributed by atoms with Crippen molar-refractivity contribution in [3.63, 3.8) is 0 Å². The van der Waals surface area contributed by atoms with Crippen LogP contribution in [-0.2, 0) is 16.0 Å². The molecule has 2 amide bonds. The third kappa shape index (κ3) is 3.59. The van der Waals surface area contributed by atoms with Crippen LogP contribution < -0.4 is 5.32 Å². The summed E-state index contributed by atoms with van der Waals surface area (Å²) in [6.45, 7) is 0.412. The van der Waals surface area contributed by atoms with E-state index in [0.717, 1.165) is 0 Å². The van der Waals surface area contributed by atoms with Gasteiger partial charge in [-0.15, -0.1) is 0 Å². The van der Waals surface area contributed by atoms with E-state index < -0.39 is 12.0 Å². The van der Waals surface area contributed by atoms with Gasteiger partial charge in [0.15, 0.2) is 0 Å². The second-order valence-corrected chi connectivity index (χ2v) is 5.13. The van der Waals surface area contributed by atoms with E-state index in [1.54, 1.807) is 31.3 Å². The van der Waals surface area contributed by atoms with Gasteiger partial charge in [0.25, 0.3) is 0 Å². The van der Waals surface area contributed by atoms with Gasteiger partial charge in [-0.1, -0.05) is 18.2 Å². The number of carboxylic acid groups (broad SMARTS) is 1. The number of hydrogen-bond acceptors (Lipinski definition) is 3. The molecule has 0 spiro atoms. The molecule has 21 heavy (non-hydrogen) atoms. The smallest absolute Gasteiger partial charge is 0.335 e. The van der Waals surface area contributed by atoms with Crippen LogP contribution >= 0.6 is 0 Å². The number of amides is 2. The van der Waals surface area contributed by atoms with Crippen LogP contribution in [0.1, 0.15) is 28.8 Å². The predicted octanol–water partition coefficient (Wildman–Crippen LogP) is 0.664. The van der Waals surface area contributed by atoms with Gasteiger partial charge in [0, 0.05) is 20.0 Å². The fraction of sp³-hybridized carbons (Fsp3) is 0.400. The monoisotopic (exact) mass is 290 g/mol. The standard InChI is InChI=1S/C15H18N2O4/c1-17(14(19)12-6-7-13(18)16-12)9-8-10-4-2-3-5-11(10)15(20)21/h2-5,12H,6-9H2,1H3,(H,16,18)(H,20,21)/t12-/m1/s1. The number of carbonyl (C=O) groups excluding carboxylic acids is 2. The minimum Gasteiger partial charge on any atom is -0.478 e. The van der Waals surface area contributed by atoms with Crippen LogP contribution in [0.2, 0.25) is 0 Å². The summed E-state index contributed by atoms with van der Waals surface area (Å²) in [6, 6.07) is 6.31. The second kappa shape index (κ2) is 6.39. The average Bonchev–Trinajstić information content (AvgIpc) is 2.90. The third-order valence-electron chi connectivity index (χ3n) is 3.63. The Morgan fingerprint density at radius 1 is 1.38 bits per heavy atom. The molecule has 0 bridgehead atoms. The maximum Gasteiger partial charge on any atom is 0.335 e. The Labute approximate surface area is 122 Å². The van der Waals surface area contributed by atoms with Gasteiger partial charge in [0.05, 0.1) is 5.56 Å². The Balaban J connectivity index is 1.95. The summed E-state index contributed by atoms with van der Waals surface area (Å²) in [7, 11) is 1.66. The Morgan fingerprint density at radius 3 is 2.71 bits per heavy atom. The van der Waals surface area contributed by atoms with Crippen LogP contribution in [0.3, 0.4) is 0 Å². The number of benzene rings is 1. The summed E-state index contributed by atoms with van der Waals surface area (Å²) in [5.74, 6) is -1.20. The van der Waals surface area contributed by atoms with Gasteiger partial charge in [-0.2, -0.15) is 0 Å². The molecule has 6 heteroatoms. The number of aromatic carboxylic acids is 1. The Bertz CT molecular complexity index is 571. The van der Waals surface area contributed by atoms with Crippen LogP contribution in [0.15, 0.2) is 24.3 Å². The number of carboxylic acids is 1. The number of nitrogens with one attached hydrogen (secondary N) is 1. The predicted molar refractivity (Wildman–Crippen MR) is 75.9 cm³/mol. The Hall–Kier alpha value is -2.37. The first kappa shape index (κ1) is 15.0. The lowest BCUT2D eigenvalue weighted by molar-refractivity contribution is -0.133. The summed E-state index contributed by atoms with van der Waals surface area (Å²) in [5.41, 5.74) is 0.952. The first-order valence-corrected chi connectivity index (χ1v) is 6.84. The maximum atomic E-state index is 12.1. The van der Waals surface area contributed by atoms with E-state index in [2.05, 4.69) is 5.32 Å². The normalized spacial score (nSPS) is 17.4. The lowest BCUT2D eigenvalue weighted by Gasteiger charge is -2.21. The van der Waals surface area contributed by atoms with Crippen molar-refractivity contribution in [3.05, 3.63) is 35.4 Å². The number of carbonyl (C=O) groups is 3. The second-order valence-electron chi connectivity index (χ2n) is 5.13. The van der Waals surface area contributed by atoms with E-state index in [0.29, 0.717) is 31.4 Å². The minimum absolute atomic E-state index is 0.0991. The van der Waals surface area contributed by atoms with Crippen LogP contribution in [0.25, 0.3) is 0 Å². The van der Waals surface area contributed by atoms with E-state index in [-0.39, 0.29) is 17.4 Å². The van der Waals surface area contributed by atoms with Gasteiger partial charge in [-0.05, 0) is 24.5 Å². The molecule has 2 rings (SSSR count). The van der Waals surface area contributed by atoms with E-state index >= 15 is 0 Å². The van der Waals surface area contributed by atoms with Crippen molar-refractivity contribution in [2.24, 2.45) is 0 Å². The fourth-order valence-electron chi connectivity index (χ4n) is 2.41. The molecular formula is C15H18N2O4. The molecule has 1 aromatic rings. The highest BCUT2D eigenvalue weighted by Crippen LogP contribution is 2.12. The fourth-order valence-corrected chi connectivity index (χ4v) is 2.41. The average molecular weight is 290 g/mol. The van der Waals surface area contributed by atoms with Crippen LogP contribution in [0.4, 0.5) is 0 Å². The van der Waals surface area contributed by atoms with Crippen molar-refractivity contribution in [1.82, 2.24) is 10.2 Å². The molecule has 1 aliphatic heterocycles. The number of rotatable bonds is 5. The van der Waals surface area contributed by atoms with Crippen molar-refractivity contribution >= 4 is 17.8 Å². The minimum atomic E-state index is -0.970. The molecule has 0 aromatic heterocycles. The molecule has 1 atom stereocenters. The van der Waals surface area contributed by atoms with Crippen molar-refractivity contribution in [1.29, 1.82) is 0 Å². The molecule has 1 heterocycles. The van der Waals surface area contributed by atoms with Gasteiger partial charge in [0.1, 0.15) is 6.04 Å². The van der Waals surface area contributed by atoms with Crippen LogP contribution in [-0.4, -0.2) is 47.4 Å². The molecule has 1 aliphatic rings. The van der Waals surface area contributed by atoms with E-state index in [4.69, 9.17) is 5.11 Å². The Morgan fingerprint density at radius 2 is 2.10 bits per heavy atom. The highest BCUT2D eigenvalue weighted by atomic mass is 16.4. The molecule has 0 unspecified atom stereocenters. The lowest BCUT2D eigenvalue weighted by Crippen LogP contribution is -2.43. The third-order valence-corrected chi connectivity index (χ3v) is 3.63. The molecule has 0 aliphatic carbocycles. The van der Waals surface area contributed by atoms with E-state index in [1.807, 2.05) is 0 Å². The zero-order valence-electron chi connectivity index (χ0n) is 11.8. The van der Waals surface area contributed by atoms with Gasteiger partial charge in [0.2, 0.25) is 11.8 Å². The highest BCUT2D eigenvalue weighted by Gasteiger charge is 2.29. The first-order chi connectivity index (χ1) is 9.99. The van der Waals surface area contributed by atoms with Crippen molar-refractivity contribution in [3.8, 4) is 0 Å². The lowest BCUT2D eigenvalue weighted by atomic mass is 10.0. The molecule has 6 nitrogen and oxygen atoms in total. The van der Waals surface area contributed by atoms with Gasteiger partial charge >= 0.3 is 5.97 Å². The van der Waals surface area contributed by atoms with E-state index in [9.17, 15) is 14.4 Å². The Kier molecular flexibility index (Phi) is 4.57. The van der Waals surface area contributed by atoms with Gasteiger partial charge in [-0.3, -0.25) is 9.59 Å². The topological polar surface area (TPSA) is 86.7 Å². The largest absolute Gasteiger partial charge is 0.478 e. The summed E-state index contributed by atoms with van der Waals surface area (Å²) >= 11 is 0. The molecule has 0 saturated carbocycles. The zero-order valence-corrected chi connectivity index (χ0v) is 11.8. The number of nitrogens with zero attached hydrogens (tertiary/aromatic N) is 1. The molecule has 1 aromatic carbocycles. The quantitative estimate of drug-likeness (QED) is 0.834. The van der Waals surface area contributed by atoms with Crippen LogP contribution in [0, 0.1) is 0 Å². The van der Waals surface area contributed by atoms with Gasteiger partial charge < -0.3 is 15.3 Å². The van der Waals surface area contributed by atoms with Gasteiger partial charge in [-0.25, -0.2) is 4.79 Å². The summed E-state index contributed by atoms with van der Waals surface area (Å²) < 4.78 is 0. The first-order valence-electron chi connectivity index (χ1n) is 6.84. The van der Waals surface area contributed by atoms with Crippen molar-refractivity contribution in [2.75, 3.05) is 13.6 Å². The number of likely N-dealkylation sites (N-methyl/N-ethyl adjacent to an activating group) is 1. The summed E-state index contributed by atoms with van der Waals surface area (Å²) in [4.78, 5) is 35.9. The number of hydrogen-bond donors (Lipinski definition) is 2. The molecule has 1 saturated heterocycles. The molecule has 112 valence electrons. The maximum absolute atomic E-state index is 12.1. The molecule has 0 radical (unpaired) electrons. The summed E-state index contributed by atoms with van der Waals surface area (Å²) in [5, 5.41) is 11.8. The molecule has 2 N–H and O–H groups in total. The van der Waals surface area contributed by atoms with Crippen LogP contribution in [0.5, 0.6) is 0 Å². The zero-order chi connectivity index (χ0) is 15.4. The van der Waals surface area contributed by atoms with Crippen molar-refractivity contribution < 1.29 is 19.5 Å². The van der Waals surface area contributed by atoms with Crippen molar-refractivity contribution in [2.45, 2.75) is 25.3 Å². The highest BCUT2D eigenvalue weighted by molar-refractivity contribution is 5.91. The summed E-state index contributed by atoms with van der Waals surface area (Å²) in [6.07, 6.45) is 1.37. The molecule has 1 fully saturated rings. The van der Waals surface area contributed by atoms with E-state index in [1.165, 1.54) is 4.90 Å². The SMILES string of the molecule is CN(CCc1ccccc1C(=O)O)C(=O)[C@H]1CCC(=O)N1. The molecular weight excluding hydrogens is 272 g/mol.